The number of thioether (sulfide) groups is 1. The van der Waals surface area contributed by atoms with Crippen molar-refractivity contribution in [2.45, 2.75) is 31.6 Å². The summed E-state index contributed by atoms with van der Waals surface area (Å²) in [4.78, 5) is 29.4. The van der Waals surface area contributed by atoms with Crippen LogP contribution >= 0.6 is 11.8 Å². The molecule has 1 aliphatic carbocycles. The Bertz CT molecular complexity index is 605. The van der Waals surface area contributed by atoms with Gasteiger partial charge in [0, 0.05) is 37.0 Å². The van der Waals surface area contributed by atoms with E-state index in [0.717, 1.165) is 12.8 Å². The molecule has 1 heterocycles. The van der Waals surface area contributed by atoms with E-state index in [9.17, 15) is 9.59 Å². The average Bonchev–Trinajstić information content (AvgIpc) is 3.38. The number of nitrogens with zero attached hydrogens (tertiary/aromatic N) is 2. The molecule has 1 aromatic carbocycles. The second-order valence-corrected chi connectivity index (χ2v) is 7.56. The van der Waals surface area contributed by atoms with Crippen LogP contribution in [0.5, 0.6) is 0 Å². The van der Waals surface area contributed by atoms with Crippen LogP contribution < -0.4 is 0 Å². The standard InChI is InChI=1S/C18H24N2O2S/c1-13-3-6-16(14(2)11-13)23-12-17(21)19-7-9-20(10-8-19)18(22)15-4-5-15/h3,6,11,15H,4-5,7-10,12H2,1-2H3. The number of piperazine rings is 1. The van der Waals surface area contributed by atoms with Crippen LogP contribution in [0.3, 0.4) is 0 Å². The molecule has 2 amide bonds. The Balaban J connectivity index is 1.46. The molecule has 1 saturated carbocycles. The maximum absolute atomic E-state index is 12.4. The predicted molar refractivity (Wildman–Crippen MR) is 92.5 cm³/mol. The molecule has 4 nitrogen and oxygen atoms in total. The summed E-state index contributed by atoms with van der Waals surface area (Å²) in [5.41, 5.74) is 2.47. The van der Waals surface area contributed by atoms with Gasteiger partial charge in [0.2, 0.25) is 11.8 Å². The van der Waals surface area contributed by atoms with Crippen molar-refractivity contribution in [3.8, 4) is 0 Å². The van der Waals surface area contributed by atoms with E-state index in [1.165, 1.54) is 16.0 Å². The first-order valence-corrected chi connectivity index (χ1v) is 9.30. The smallest absolute Gasteiger partial charge is 0.233 e. The Kier molecular flexibility index (Phi) is 4.95. The first kappa shape index (κ1) is 16.4. The van der Waals surface area contributed by atoms with Gasteiger partial charge in [-0.25, -0.2) is 0 Å². The van der Waals surface area contributed by atoms with E-state index in [0.29, 0.717) is 37.8 Å². The Hall–Kier alpha value is -1.49. The van der Waals surface area contributed by atoms with E-state index in [-0.39, 0.29) is 11.8 Å². The molecule has 23 heavy (non-hydrogen) atoms. The van der Waals surface area contributed by atoms with E-state index in [2.05, 4.69) is 32.0 Å². The molecular formula is C18H24N2O2S. The van der Waals surface area contributed by atoms with E-state index in [1.807, 2.05) is 9.80 Å². The molecule has 0 radical (unpaired) electrons. The number of amides is 2. The van der Waals surface area contributed by atoms with Crippen molar-refractivity contribution in [3.63, 3.8) is 0 Å². The van der Waals surface area contributed by atoms with Crippen molar-refractivity contribution in [2.24, 2.45) is 5.92 Å². The number of aryl methyl sites for hydroxylation is 2. The van der Waals surface area contributed by atoms with Gasteiger partial charge in [-0.1, -0.05) is 17.7 Å². The molecule has 0 aromatic heterocycles. The number of benzene rings is 1. The molecule has 1 aromatic rings. The predicted octanol–water partition coefficient (Wildman–Crippen LogP) is 2.48. The van der Waals surface area contributed by atoms with Crippen LogP contribution in [-0.2, 0) is 9.59 Å². The van der Waals surface area contributed by atoms with Crippen LogP contribution in [0.25, 0.3) is 0 Å². The van der Waals surface area contributed by atoms with Crippen LogP contribution in [0.2, 0.25) is 0 Å². The second kappa shape index (κ2) is 6.95. The van der Waals surface area contributed by atoms with E-state index in [4.69, 9.17) is 0 Å². The van der Waals surface area contributed by atoms with Crippen molar-refractivity contribution < 1.29 is 9.59 Å². The van der Waals surface area contributed by atoms with E-state index >= 15 is 0 Å². The number of hydrogen-bond donors (Lipinski definition) is 0. The molecule has 2 fully saturated rings. The third kappa shape index (κ3) is 4.08. The minimum atomic E-state index is 0.175. The van der Waals surface area contributed by atoms with Crippen molar-refractivity contribution in [1.29, 1.82) is 0 Å². The Morgan fingerprint density at radius 1 is 1.09 bits per heavy atom. The lowest BCUT2D eigenvalue weighted by molar-refractivity contribution is -0.139. The maximum Gasteiger partial charge on any atom is 0.233 e. The van der Waals surface area contributed by atoms with E-state index < -0.39 is 0 Å². The monoisotopic (exact) mass is 332 g/mol. The Labute approximate surface area is 142 Å². The molecule has 0 unspecified atom stereocenters. The minimum absolute atomic E-state index is 0.175. The number of hydrogen-bond acceptors (Lipinski definition) is 3. The fourth-order valence-corrected chi connectivity index (χ4v) is 3.87. The molecule has 2 aliphatic rings. The van der Waals surface area contributed by atoms with Crippen LogP contribution in [-0.4, -0.2) is 53.5 Å². The summed E-state index contributed by atoms with van der Waals surface area (Å²) in [6, 6.07) is 6.33. The lowest BCUT2D eigenvalue weighted by Crippen LogP contribution is -2.51. The lowest BCUT2D eigenvalue weighted by atomic mass is 10.2. The normalized spacial score (nSPS) is 18.2. The van der Waals surface area contributed by atoms with Crippen molar-refractivity contribution in [2.75, 3.05) is 31.9 Å². The molecule has 0 spiro atoms. The summed E-state index contributed by atoms with van der Waals surface area (Å²) >= 11 is 1.61. The summed E-state index contributed by atoms with van der Waals surface area (Å²) < 4.78 is 0. The zero-order valence-corrected chi connectivity index (χ0v) is 14.7. The SMILES string of the molecule is Cc1ccc(SCC(=O)N2CCN(C(=O)C3CC3)CC2)c(C)c1. The maximum atomic E-state index is 12.4. The zero-order chi connectivity index (χ0) is 16.4. The molecule has 3 rings (SSSR count). The minimum Gasteiger partial charge on any atom is -0.339 e. The zero-order valence-electron chi connectivity index (χ0n) is 13.9. The van der Waals surface area contributed by atoms with Gasteiger partial charge in [0.15, 0.2) is 0 Å². The highest BCUT2D eigenvalue weighted by atomic mass is 32.2. The fourth-order valence-electron chi connectivity index (χ4n) is 2.96. The molecule has 124 valence electrons. The highest BCUT2D eigenvalue weighted by molar-refractivity contribution is 8.00. The van der Waals surface area contributed by atoms with Gasteiger partial charge in [0.05, 0.1) is 5.75 Å². The first-order valence-electron chi connectivity index (χ1n) is 8.31. The number of carbonyl (C=O) groups excluding carboxylic acids is 2. The summed E-state index contributed by atoms with van der Waals surface area (Å²) in [7, 11) is 0. The number of carbonyl (C=O) groups is 2. The molecular weight excluding hydrogens is 308 g/mol. The van der Waals surface area contributed by atoms with Gasteiger partial charge in [-0.05, 0) is 38.3 Å². The topological polar surface area (TPSA) is 40.6 Å². The lowest BCUT2D eigenvalue weighted by Gasteiger charge is -2.35. The summed E-state index contributed by atoms with van der Waals surface area (Å²) in [5.74, 6) is 1.22. The number of rotatable bonds is 4. The van der Waals surface area contributed by atoms with Crippen LogP contribution in [0.4, 0.5) is 0 Å². The van der Waals surface area contributed by atoms with Gasteiger partial charge in [-0.3, -0.25) is 9.59 Å². The summed E-state index contributed by atoms with van der Waals surface area (Å²) in [6.45, 7) is 6.89. The summed E-state index contributed by atoms with van der Waals surface area (Å²) in [5, 5.41) is 0. The molecule has 0 bridgehead atoms. The Morgan fingerprint density at radius 2 is 1.74 bits per heavy atom. The van der Waals surface area contributed by atoms with Gasteiger partial charge >= 0.3 is 0 Å². The van der Waals surface area contributed by atoms with Crippen LogP contribution in [0, 0.1) is 19.8 Å². The Morgan fingerprint density at radius 3 is 2.35 bits per heavy atom. The van der Waals surface area contributed by atoms with Crippen LogP contribution in [0.1, 0.15) is 24.0 Å². The molecule has 1 saturated heterocycles. The average molecular weight is 332 g/mol. The molecule has 1 aliphatic heterocycles. The van der Waals surface area contributed by atoms with Gasteiger partial charge in [0.1, 0.15) is 0 Å². The van der Waals surface area contributed by atoms with Gasteiger partial charge in [-0.2, -0.15) is 0 Å². The fraction of sp³-hybridized carbons (Fsp3) is 0.556. The van der Waals surface area contributed by atoms with Crippen molar-refractivity contribution in [1.82, 2.24) is 9.80 Å². The molecule has 0 atom stereocenters. The third-order valence-corrected chi connectivity index (χ3v) is 5.71. The third-order valence-electron chi connectivity index (χ3n) is 4.55. The van der Waals surface area contributed by atoms with Crippen LogP contribution in [0.15, 0.2) is 23.1 Å². The van der Waals surface area contributed by atoms with Crippen molar-refractivity contribution in [3.05, 3.63) is 29.3 Å². The highest BCUT2D eigenvalue weighted by Gasteiger charge is 2.35. The summed E-state index contributed by atoms with van der Waals surface area (Å²) in [6.07, 6.45) is 2.09. The van der Waals surface area contributed by atoms with Gasteiger partial charge in [0.25, 0.3) is 0 Å². The largest absolute Gasteiger partial charge is 0.339 e. The van der Waals surface area contributed by atoms with Gasteiger partial charge in [-0.15, -0.1) is 11.8 Å². The molecule has 0 N–H and O–H groups in total. The van der Waals surface area contributed by atoms with Crippen molar-refractivity contribution >= 4 is 23.6 Å². The highest BCUT2D eigenvalue weighted by Crippen LogP contribution is 2.31. The van der Waals surface area contributed by atoms with E-state index in [1.54, 1.807) is 11.8 Å². The van der Waals surface area contributed by atoms with Gasteiger partial charge < -0.3 is 9.80 Å². The molecule has 5 heteroatoms. The quantitative estimate of drug-likeness (QED) is 0.796. The second-order valence-electron chi connectivity index (χ2n) is 6.54. The first-order chi connectivity index (χ1) is 11.0.